The Balaban J connectivity index is 2.35. The van der Waals surface area contributed by atoms with E-state index in [1.54, 1.807) is 0 Å². The highest BCUT2D eigenvalue weighted by Crippen LogP contribution is 2.26. The molecule has 0 aliphatic heterocycles. The lowest BCUT2D eigenvalue weighted by Crippen LogP contribution is -2.23. The fourth-order valence-corrected chi connectivity index (χ4v) is 2.20. The van der Waals surface area contributed by atoms with Crippen molar-refractivity contribution in [2.45, 2.75) is 25.4 Å². The standard InChI is InChI=1S/C20H20O/c1-3-4-14-20(21,19-11-6-5-7-12-19)15-13-18-10-8-9-17(2)16-18/h3,5-12,16,21H,1,4,14H2,2H3. The van der Waals surface area contributed by atoms with Crippen LogP contribution < -0.4 is 0 Å². The van der Waals surface area contributed by atoms with Gasteiger partial charge in [-0.2, -0.15) is 0 Å². The summed E-state index contributed by atoms with van der Waals surface area (Å²) in [6.07, 6.45) is 3.06. The second-order valence-electron chi connectivity index (χ2n) is 5.17. The average Bonchev–Trinajstić information content (AvgIpc) is 2.52. The Morgan fingerprint density at radius 3 is 2.57 bits per heavy atom. The molecule has 0 amide bonds. The number of aliphatic hydroxyl groups is 1. The number of allylic oxidation sites excluding steroid dienone is 1. The first-order valence-corrected chi connectivity index (χ1v) is 7.13. The molecule has 0 radical (unpaired) electrons. The molecule has 0 aliphatic carbocycles. The lowest BCUT2D eigenvalue weighted by Gasteiger charge is -2.22. The van der Waals surface area contributed by atoms with E-state index in [9.17, 15) is 5.11 Å². The van der Waals surface area contributed by atoms with Gasteiger partial charge >= 0.3 is 0 Å². The summed E-state index contributed by atoms with van der Waals surface area (Å²) in [7, 11) is 0. The summed E-state index contributed by atoms with van der Waals surface area (Å²) in [5, 5.41) is 10.9. The van der Waals surface area contributed by atoms with Crippen LogP contribution in [-0.4, -0.2) is 5.11 Å². The predicted octanol–water partition coefficient (Wildman–Crippen LogP) is 4.20. The summed E-state index contributed by atoms with van der Waals surface area (Å²) in [6.45, 7) is 5.76. The van der Waals surface area contributed by atoms with Crippen LogP contribution in [0.5, 0.6) is 0 Å². The molecule has 0 spiro atoms. The minimum absolute atomic E-state index is 0.541. The van der Waals surface area contributed by atoms with Crippen LogP contribution in [0, 0.1) is 18.8 Å². The molecule has 0 bridgehead atoms. The van der Waals surface area contributed by atoms with E-state index in [-0.39, 0.29) is 0 Å². The van der Waals surface area contributed by atoms with Gasteiger partial charge in [-0.15, -0.1) is 6.58 Å². The molecular formula is C20H20O. The highest BCUT2D eigenvalue weighted by atomic mass is 16.3. The summed E-state index contributed by atoms with van der Waals surface area (Å²) in [5.41, 5.74) is 1.77. The second kappa shape index (κ2) is 6.92. The van der Waals surface area contributed by atoms with Crippen molar-refractivity contribution in [2.75, 3.05) is 0 Å². The van der Waals surface area contributed by atoms with Crippen LogP contribution in [0.1, 0.15) is 29.5 Å². The first-order chi connectivity index (χ1) is 10.1. The molecule has 0 saturated heterocycles. The maximum atomic E-state index is 10.9. The Morgan fingerprint density at radius 1 is 1.14 bits per heavy atom. The number of hydrogen-bond acceptors (Lipinski definition) is 1. The van der Waals surface area contributed by atoms with Crippen molar-refractivity contribution in [3.05, 3.63) is 83.9 Å². The third kappa shape index (κ3) is 4.08. The van der Waals surface area contributed by atoms with Gasteiger partial charge in [0.05, 0.1) is 0 Å². The van der Waals surface area contributed by atoms with E-state index in [1.165, 1.54) is 0 Å². The molecule has 2 aromatic carbocycles. The summed E-state index contributed by atoms with van der Waals surface area (Å²) in [6, 6.07) is 17.6. The summed E-state index contributed by atoms with van der Waals surface area (Å²) < 4.78 is 0. The molecule has 2 rings (SSSR count). The monoisotopic (exact) mass is 276 g/mol. The third-order valence-corrected chi connectivity index (χ3v) is 3.39. The number of aryl methyl sites for hydroxylation is 1. The van der Waals surface area contributed by atoms with Gasteiger partial charge in [-0.3, -0.25) is 0 Å². The maximum Gasteiger partial charge on any atom is 0.151 e. The van der Waals surface area contributed by atoms with Crippen LogP contribution in [-0.2, 0) is 5.60 Å². The van der Waals surface area contributed by atoms with Gasteiger partial charge < -0.3 is 5.11 Å². The Hall–Kier alpha value is -2.30. The largest absolute Gasteiger partial charge is 0.373 e. The van der Waals surface area contributed by atoms with Gasteiger partial charge in [0.25, 0.3) is 0 Å². The summed E-state index contributed by atoms with van der Waals surface area (Å²) in [4.78, 5) is 0. The normalized spacial score (nSPS) is 12.9. The molecule has 106 valence electrons. The zero-order valence-electron chi connectivity index (χ0n) is 12.3. The molecule has 0 aliphatic rings. The van der Waals surface area contributed by atoms with Crippen molar-refractivity contribution in [1.82, 2.24) is 0 Å². The van der Waals surface area contributed by atoms with E-state index in [0.29, 0.717) is 12.8 Å². The molecule has 21 heavy (non-hydrogen) atoms. The third-order valence-electron chi connectivity index (χ3n) is 3.39. The van der Waals surface area contributed by atoms with Crippen molar-refractivity contribution in [1.29, 1.82) is 0 Å². The van der Waals surface area contributed by atoms with Gasteiger partial charge in [0.2, 0.25) is 0 Å². The van der Waals surface area contributed by atoms with Gasteiger partial charge in [0.15, 0.2) is 5.60 Å². The highest BCUT2D eigenvalue weighted by Gasteiger charge is 2.25. The van der Waals surface area contributed by atoms with Crippen molar-refractivity contribution in [3.8, 4) is 11.8 Å². The molecule has 1 heteroatoms. The minimum Gasteiger partial charge on any atom is -0.373 e. The smallest absolute Gasteiger partial charge is 0.151 e. The molecule has 1 unspecified atom stereocenters. The van der Waals surface area contributed by atoms with Crippen LogP contribution >= 0.6 is 0 Å². The van der Waals surface area contributed by atoms with E-state index in [2.05, 4.69) is 18.4 Å². The number of rotatable bonds is 4. The van der Waals surface area contributed by atoms with Gasteiger partial charge in [-0.05, 0) is 43.0 Å². The molecular weight excluding hydrogens is 256 g/mol. The molecule has 2 aromatic rings. The maximum absolute atomic E-state index is 10.9. The predicted molar refractivity (Wildman–Crippen MR) is 87.8 cm³/mol. The Kier molecular flexibility index (Phi) is 4.98. The van der Waals surface area contributed by atoms with Gasteiger partial charge in [-0.25, -0.2) is 0 Å². The van der Waals surface area contributed by atoms with Crippen molar-refractivity contribution >= 4 is 0 Å². The second-order valence-corrected chi connectivity index (χ2v) is 5.17. The summed E-state index contributed by atoms with van der Waals surface area (Å²) >= 11 is 0. The van der Waals surface area contributed by atoms with Crippen molar-refractivity contribution in [3.63, 3.8) is 0 Å². The molecule has 0 saturated carbocycles. The van der Waals surface area contributed by atoms with Crippen LogP contribution in [0.15, 0.2) is 67.3 Å². The molecule has 1 N–H and O–H groups in total. The molecule has 0 fully saturated rings. The highest BCUT2D eigenvalue weighted by molar-refractivity contribution is 5.41. The van der Waals surface area contributed by atoms with E-state index < -0.39 is 5.60 Å². The molecule has 0 heterocycles. The SMILES string of the molecule is C=CCCC(O)(C#Cc1cccc(C)c1)c1ccccc1. The quantitative estimate of drug-likeness (QED) is 0.655. The van der Waals surface area contributed by atoms with E-state index >= 15 is 0 Å². The van der Waals surface area contributed by atoms with E-state index in [1.807, 2.05) is 67.6 Å². The van der Waals surface area contributed by atoms with Crippen LogP contribution in [0.4, 0.5) is 0 Å². The van der Waals surface area contributed by atoms with Crippen molar-refractivity contribution in [2.24, 2.45) is 0 Å². The van der Waals surface area contributed by atoms with Crippen molar-refractivity contribution < 1.29 is 5.11 Å². The Morgan fingerprint density at radius 2 is 1.90 bits per heavy atom. The van der Waals surface area contributed by atoms with Crippen LogP contribution in [0.2, 0.25) is 0 Å². The van der Waals surface area contributed by atoms with Crippen LogP contribution in [0.25, 0.3) is 0 Å². The molecule has 0 aromatic heterocycles. The average molecular weight is 276 g/mol. The molecule has 1 atom stereocenters. The minimum atomic E-state index is -1.14. The van der Waals surface area contributed by atoms with Crippen LogP contribution in [0.3, 0.4) is 0 Å². The lowest BCUT2D eigenvalue weighted by molar-refractivity contribution is 0.0914. The Bertz CT molecular complexity index is 661. The topological polar surface area (TPSA) is 20.2 Å². The zero-order valence-corrected chi connectivity index (χ0v) is 12.3. The van der Waals surface area contributed by atoms with Gasteiger partial charge in [0, 0.05) is 5.56 Å². The number of hydrogen-bond donors (Lipinski definition) is 1. The van der Waals surface area contributed by atoms with Gasteiger partial charge in [0.1, 0.15) is 0 Å². The van der Waals surface area contributed by atoms with Gasteiger partial charge in [-0.1, -0.05) is 60.4 Å². The molecule has 1 nitrogen and oxygen atoms in total. The first-order valence-electron chi connectivity index (χ1n) is 7.13. The lowest BCUT2D eigenvalue weighted by atomic mass is 9.89. The zero-order chi connectivity index (χ0) is 15.1. The fraction of sp³-hybridized carbons (Fsp3) is 0.200. The van der Waals surface area contributed by atoms with E-state index in [0.717, 1.165) is 16.7 Å². The van der Waals surface area contributed by atoms with E-state index in [4.69, 9.17) is 0 Å². The first kappa shape index (κ1) is 15.1. The summed E-state index contributed by atoms with van der Waals surface area (Å²) in [5.74, 6) is 6.15. The number of benzene rings is 2. The Labute approximate surface area is 127 Å². The fourth-order valence-electron chi connectivity index (χ4n) is 2.20.